The van der Waals surface area contributed by atoms with Gasteiger partial charge in [0.05, 0.1) is 6.10 Å². The van der Waals surface area contributed by atoms with Crippen molar-refractivity contribution < 1.29 is 5.11 Å². The van der Waals surface area contributed by atoms with Gasteiger partial charge in [-0.15, -0.1) is 0 Å². The highest BCUT2D eigenvalue weighted by atomic mass is 79.9. The molecule has 0 fully saturated rings. The van der Waals surface area contributed by atoms with E-state index in [1.54, 1.807) is 6.20 Å². The molecule has 17 heavy (non-hydrogen) atoms. The van der Waals surface area contributed by atoms with E-state index in [0.717, 1.165) is 21.3 Å². The number of aliphatic hydroxyl groups is 1. The fraction of sp³-hybridized carbons (Fsp3) is 0.214. The molecule has 0 amide bonds. The van der Waals surface area contributed by atoms with Crippen LogP contribution >= 0.6 is 15.9 Å². The van der Waals surface area contributed by atoms with Gasteiger partial charge in [-0.2, -0.15) is 0 Å². The molecule has 1 heterocycles. The molecule has 2 nitrogen and oxygen atoms in total. The standard InChI is InChI=1S/C14H14BrNO/c1-10-8-11(15)5-6-13(10)14(17)9-12-4-2-3-7-16-12/h2-8,14,17H,9H2,1H3. The highest BCUT2D eigenvalue weighted by Gasteiger charge is 2.11. The summed E-state index contributed by atoms with van der Waals surface area (Å²) in [5.74, 6) is 0. The molecule has 0 radical (unpaired) electrons. The predicted octanol–water partition coefficient (Wildman–Crippen LogP) is 3.43. The highest BCUT2D eigenvalue weighted by molar-refractivity contribution is 9.10. The number of hydrogen-bond donors (Lipinski definition) is 1. The van der Waals surface area contributed by atoms with Crippen LogP contribution in [0.3, 0.4) is 0 Å². The third kappa shape index (κ3) is 3.14. The van der Waals surface area contributed by atoms with Crippen LogP contribution < -0.4 is 0 Å². The summed E-state index contributed by atoms with van der Waals surface area (Å²) in [5, 5.41) is 10.2. The molecule has 3 heteroatoms. The molecule has 2 rings (SSSR count). The lowest BCUT2D eigenvalue weighted by molar-refractivity contribution is 0.176. The third-order valence-electron chi connectivity index (χ3n) is 2.72. The van der Waals surface area contributed by atoms with Crippen LogP contribution in [-0.2, 0) is 6.42 Å². The maximum atomic E-state index is 10.2. The van der Waals surface area contributed by atoms with Crippen molar-refractivity contribution in [2.45, 2.75) is 19.4 Å². The van der Waals surface area contributed by atoms with Crippen LogP contribution in [-0.4, -0.2) is 10.1 Å². The number of aromatic nitrogens is 1. The predicted molar refractivity (Wildman–Crippen MR) is 71.8 cm³/mol. The van der Waals surface area contributed by atoms with Gasteiger partial charge >= 0.3 is 0 Å². The van der Waals surface area contributed by atoms with Crippen LogP contribution in [0, 0.1) is 6.92 Å². The van der Waals surface area contributed by atoms with E-state index in [1.165, 1.54) is 0 Å². The minimum atomic E-state index is -0.502. The molecule has 1 aromatic heterocycles. The van der Waals surface area contributed by atoms with Gasteiger partial charge in [-0.05, 0) is 42.3 Å². The normalized spacial score (nSPS) is 12.4. The van der Waals surface area contributed by atoms with Gasteiger partial charge in [0.25, 0.3) is 0 Å². The van der Waals surface area contributed by atoms with E-state index in [9.17, 15) is 5.11 Å². The van der Waals surface area contributed by atoms with Crippen molar-refractivity contribution in [3.05, 3.63) is 63.9 Å². The molecule has 0 saturated carbocycles. The summed E-state index contributed by atoms with van der Waals surface area (Å²) in [7, 11) is 0. The van der Waals surface area contributed by atoms with Gasteiger partial charge in [0, 0.05) is 22.8 Å². The Morgan fingerprint density at radius 2 is 2.12 bits per heavy atom. The lowest BCUT2D eigenvalue weighted by atomic mass is 10.00. The first-order valence-electron chi connectivity index (χ1n) is 5.51. The molecule has 0 aliphatic heterocycles. The zero-order chi connectivity index (χ0) is 12.3. The smallest absolute Gasteiger partial charge is 0.0848 e. The summed E-state index contributed by atoms with van der Waals surface area (Å²) in [6.45, 7) is 2.00. The van der Waals surface area contributed by atoms with Gasteiger partial charge in [-0.25, -0.2) is 0 Å². The average Bonchev–Trinajstić information content (AvgIpc) is 2.30. The molecule has 1 atom stereocenters. The van der Waals surface area contributed by atoms with E-state index in [2.05, 4.69) is 20.9 Å². The largest absolute Gasteiger partial charge is 0.388 e. The first kappa shape index (κ1) is 12.3. The summed E-state index contributed by atoms with van der Waals surface area (Å²) in [4.78, 5) is 4.22. The fourth-order valence-electron chi connectivity index (χ4n) is 1.84. The van der Waals surface area contributed by atoms with Crippen molar-refractivity contribution in [3.63, 3.8) is 0 Å². The summed E-state index contributed by atoms with van der Waals surface area (Å²) in [6.07, 6.45) is 1.79. The molecule has 0 spiro atoms. The van der Waals surface area contributed by atoms with Crippen molar-refractivity contribution in [1.29, 1.82) is 0 Å². The van der Waals surface area contributed by atoms with E-state index in [0.29, 0.717) is 6.42 Å². The lowest BCUT2D eigenvalue weighted by Crippen LogP contribution is -2.05. The molecule has 1 unspecified atom stereocenters. The van der Waals surface area contributed by atoms with Gasteiger partial charge in [0.1, 0.15) is 0 Å². The number of aliphatic hydroxyl groups excluding tert-OH is 1. The van der Waals surface area contributed by atoms with Crippen LogP contribution in [0.5, 0.6) is 0 Å². The second kappa shape index (κ2) is 5.43. The topological polar surface area (TPSA) is 33.1 Å². The fourth-order valence-corrected chi connectivity index (χ4v) is 2.32. The summed E-state index contributed by atoms with van der Waals surface area (Å²) >= 11 is 3.42. The van der Waals surface area contributed by atoms with Gasteiger partial charge in [0.15, 0.2) is 0 Å². The first-order chi connectivity index (χ1) is 8.16. The van der Waals surface area contributed by atoms with Crippen molar-refractivity contribution >= 4 is 15.9 Å². The van der Waals surface area contributed by atoms with E-state index in [4.69, 9.17) is 0 Å². The Kier molecular flexibility index (Phi) is 3.92. The summed E-state index contributed by atoms with van der Waals surface area (Å²) < 4.78 is 1.03. The monoisotopic (exact) mass is 291 g/mol. The zero-order valence-electron chi connectivity index (χ0n) is 9.60. The molecule has 0 aliphatic rings. The molecular weight excluding hydrogens is 278 g/mol. The number of nitrogens with zero attached hydrogens (tertiary/aromatic N) is 1. The molecule has 1 N–H and O–H groups in total. The quantitative estimate of drug-likeness (QED) is 0.940. The Bertz CT molecular complexity index is 499. The second-order valence-electron chi connectivity index (χ2n) is 4.04. The Hall–Kier alpha value is -1.19. The molecule has 0 bridgehead atoms. The van der Waals surface area contributed by atoms with E-state index >= 15 is 0 Å². The number of hydrogen-bond acceptors (Lipinski definition) is 2. The number of halogens is 1. The number of aryl methyl sites for hydroxylation is 1. The number of rotatable bonds is 3. The van der Waals surface area contributed by atoms with Crippen molar-refractivity contribution in [2.24, 2.45) is 0 Å². The maximum Gasteiger partial charge on any atom is 0.0848 e. The number of pyridine rings is 1. The molecule has 2 aromatic rings. The SMILES string of the molecule is Cc1cc(Br)ccc1C(O)Cc1ccccn1. The molecule has 88 valence electrons. The minimum Gasteiger partial charge on any atom is -0.388 e. The van der Waals surface area contributed by atoms with Gasteiger partial charge in [0.2, 0.25) is 0 Å². The Balaban J connectivity index is 2.17. The Morgan fingerprint density at radius 3 is 2.76 bits per heavy atom. The van der Waals surface area contributed by atoms with Gasteiger partial charge < -0.3 is 5.11 Å². The van der Waals surface area contributed by atoms with Gasteiger partial charge in [-0.3, -0.25) is 4.98 Å². The van der Waals surface area contributed by atoms with E-state index < -0.39 is 6.10 Å². The Morgan fingerprint density at radius 1 is 1.29 bits per heavy atom. The second-order valence-corrected chi connectivity index (χ2v) is 4.96. The van der Waals surface area contributed by atoms with Crippen molar-refractivity contribution in [3.8, 4) is 0 Å². The Labute approximate surface area is 109 Å². The molecule has 0 saturated heterocycles. The highest BCUT2D eigenvalue weighted by Crippen LogP contribution is 2.23. The summed E-state index contributed by atoms with van der Waals surface area (Å²) in [5.41, 5.74) is 2.95. The first-order valence-corrected chi connectivity index (χ1v) is 6.30. The molecule has 1 aromatic carbocycles. The van der Waals surface area contributed by atoms with E-state index in [-0.39, 0.29) is 0 Å². The lowest BCUT2D eigenvalue weighted by Gasteiger charge is -2.13. The number of benzene rings is 1. The van der Waals surface area contributed by atoms with Crippen molar-refractivity contribution in [2.75, 3.05) is 0 Å². The molecule has 0 aliphatic carbocycles. The van der Waals surface area contributed by atoms with Crippen LogP contribution in [0.1, 0.15) is 22.9 Å². The van der Waals surface area contributed by atoms with E-state index in [1.807, 2.05) is 43.3 Å². The van der Waals surface area contributed by atoms with Crippen LogP contribution in [0.4, 0.5) is 0 Å². The zero-order valence-corrected chi connectivity index (χ0v) is 11.2. The maximum absolute atomic E-state index is 10.2. The van der Waals surface area contributed by atoms with Gasteiger partial charge in [-0.1, -0.05) is 28.1 Å². The molecular formula is C14H14BrNO. The van der Waals surface area contributed by atoms with Crippen LogP contribution in [0.15, 0.2) is 47.1 Å². The third-order valence-corrected chi connectivity index (χ3v) is 3.21. The average molecular weight is 292 g/mol. The van der Waals surface area contributed by atoms with Crippen LogP contribution in [0.2, 0.25) is 0 Å². The summed E-state index contributed by atoms with van der Waals surface area (Å²) in [6, 6.07) is 11.6. The minimum absolute atomic E-state index is 0.502. The van der Waals surface area contributed by atoms with Crippen molar-refractivity contribution in [1.82, 2.24) is 4.98 Å². The van der Waals surface area contributed by atoms with Crippen LogP contribution in [0.25, 0.3) is 0 Å².